The summed E-state index contributed by atoms with van der Waals surface area (Å²) in [5, 5.41) is 2.61. The molecule has 0 saturated carbocycles. The molecule has 160 valence electrons. The minimum absolute atomic E-state index is 0.205. The molecule has 2 aromatic rings. The third kappa shape index (κ3) is 4.50. The van der Waals surface area contributed by atoms with E-state index >= 15 is 0 Å². The Bertz CT molecular complexity index is 937. The van der Waals surface area contributed by atoms with Gasteiger partial charge in [-0.3, -0.25) is 9.59 Å². The summed E-state index contributed by atoms with van der Waals surface area (Å²) in [6.07, 6.45) is 0.869. The van der Waals surface area contributed by atoms with Gasteiger partial charge in [0, 0.05) is 30.8 Å². The van der Waals surface area contributed by atoms with Crippen molar-refractivity contribution < 1.29 is 32.2 Å². The molecular weight excluding hydrogens is 401 g/mol. The van der Waals surface area contributed by atoms with Crippen molar-refractivity contribution in [1.29, 1.82) is 0 Å². The number of carbonyl (C=O) groups is 2. The van der Waals surface area contributed by atoms with Crippen LogP contribution in [0.1, 0.15) is 33.6 Å². The minimum Gasteiger partial charge on any atom is -0.497 e. The van der Waals surface area contributed by atoms with E-state index in [-0.39, 0.29) is 11.9 Å². The molecule has 1 saturated heterocycles. The molecule has 30 heavy (non-hydrogen) atoms. The lowest BCUT2D eigenvalue weighted by atomic mass is 10.0. The van der Waals surface area contributed by atoms with Gasteiger partial charge in [-0.1, -0.05) is 0 Å². The lowest BCUT2D eigenvalue weighted by molar-refractivity contribution is 0.0697. The highest BCUT2D eigenvalue weighted by atomic mass is 19.2. The smallest absolute Gasteiger partial charge is 0.254 e. The van der Waals surface area contributed by atoms with Gasteiger partial charge >= 0.3 is 0 Å². The first kappa shape index (κ1) is 21.5. The quantitative estimate of drug-likeness (QED) is 0.752. The van der Waals surface area contributed by atoms with E-state index in [1.165, 1.54) is 14.2 Å². The van der Waals surface area contributed by atoms with E-state index in [2.05, 4.69) is 5.32 Å². The molecule has 1 N–H and O–H groups in total. The highest BCUT2D eigenvalue weighted by Crippen LogP contribution is 2.24. The number of nitrogens with one attached hydrogen (secondary N) is 1. The molecule has 2 aromatic carbocycles. The molecule has 0 radical (unpaired) electrons. The molecule has 1 aliphatic rings. The summed E-state index contributed by atoms with van der Waals surface area (Å²) in [4.78, 5) is 26.7. The van der Waals surface area contributed by atoms with Crippen molar-refractivity contribution >= 4 is 11.8 Å². The van der Waals surface area contributed by atoms with Gasteiger partial charge in [0.2, 0.25) is 0 Å². The third-order valence-electron chi connectivity index (χ3n) is 5.00. The monoisotopic (exact) mass is 422 g/mol. The molecule has 2 amide bonds. The second-order valence-electron chi connectivity index (χ2n) is 6.86. The van der Waals surface area contributed by atoms with Crippen molar-refractivity contribution in [3.8, 4) is 11.5 Å². The second-order valence-corrected chi connectivity index (χ2v) is 6.86. The first-order chi connectivity index (χ1) is 14.3. The predicted octanol–water partition coefficient (Wildman–Crippen LogP) is 3.16. The van der Waals surface area contributed by atoms with Crippen LogP contribution in [0, 0.1) is 17.5 Å². The van der Waals surface area contributed by atoms with Gasteiger partial charge in [-0.25, -0.2) is 13.2 Å². The fourth-order valence-electron chi connectivity index (χ4n) is 3.30. The van der Waals surface area contributed by atoms with E-state index in [0.29, 0.717) is 49.1 Å². The zero-order chi connectivity index (χ0) is 21.8. The number of ether oxygens (including phenoxy) is 2. The van der Waals surface area contributed by atoms with E-state index in [0.717, 1.165) is 6.07 Å². The standard InChI is InChI=1S/C21H21F3N2O4/c1-29-14-9-12(10-15(11-14)30-2)21(28)26-7-5-13(6-8-26)25-20(27)16-3-4-17(22)19(24)18(16)23/h3-4,9-11,13H,5-8H2,1-2H3,(H,25,27). The van der Waals surface area contributed by atoms with Gasteiger partial charge in [-0.2, -0.15) is 0 Å². The van der Waals surface area contributed by atoms with Gasteiger partial charge in [-0.15, -0.1) is 0 Å². The topological polar surface area (TPSA) is 67.9 Å². The second kappa shape index (κ2) is 9.06. The summed E-state index contributed by atoms with van der Waals surface area (Å²) in [6, 6.07) is 6.17. The van der Waals surface area contributed by atoms with Gasteiger partial charge < -0.3 is 19.7 Å². The minimum atomic E-state index is -1.68. The maximum atomic E-state index is 13.8. The number of benzene rings is 2. The van der Waals surface area contributed by atoms with Crippen molar-refractivity contribution in [2.24, 2.45) is 0 Å². The maximum absolute atomic E-state index is 13.8. The van der Waals surface area contributed by atoms with Crippen LogP contribution in [0.4, 0.5) is 13.2 Å². The lowest BCUT2D eigenvalue weighted by Gasteiger charge is -2.32. The van der Waals surface area contributed by atoms with Gasteiger partial charge in [0.15, 0.2) is 17.5 Å². The molecule has 1 heterocycles. The van der Waals surface area contributed by atoms with Crippen LogP contribution < -0.4 is 14.8 Å². The molecule has 0 spiro atoms. The molecule has 0 unspecified atom stereocenters. The Morgan fingerprint density at radius 2 is 1.57 bits per heavy atom. The number of piperidine rings is 1. The molecule has 0 aliphatic carbocycles. The van der Waals surface area contributed by atoms with E-state index < -0.39 is 28.9 Å². The highest BCUT2D eigenvalue weighted by molar-refractivity contribution is 5.96. The first-order valence-corrected chi connectivity index (χ1v) is 9.30. The van der Waals surface area contributed by atoms with Crippen molar-refractivity contribution in [2.75, 3.05) is 27.3 Å². The molecule has 9 heteroatoms. The van der Waals surface area contributed by atoms with E-state index in [4.69, 9.17) is 9.47 Å². The summed E-state index contributed by atoms with van der Waals surface area (Å²) in [5.74, 6) is -4.60. The molecule has 1 aliphatic heterocycles. The number of hydrogen-bond donors (Lipinski definition) is 1. The number of carbonyl (C=O) groups excluding carboxylic acids is 2. The fraction of sp³-hybridized carbons (Fsp3) is 0.333. The average Bonchev–Trinajstić information content (AvgIpc) is 2.77. The van der Waals surface area contributed by atoms with Crippen LogP contribution in [0.2, 0.25) is 0 Å². The Hall–Kier alpha value is -3.23. The highest BCUT2D eigenvalue weighted by Gasteiger charge is 2.27. The van der Waals surface area contributed by atoms with Crippen molar-refractivity contribution in [3.63, 3.8) is 0 Å². The lowest BCUT2D eigenvalue weighted by Crippen LogP contribution is -2.46. The van der Waals surface area contributed by atoms with Crippen LogP contribution in [0.15, 0.2) is 30.3 Å². The molecule has 3 rings (SSSR count). The molecule has 0 bridgehead atoms. The third-order valence-corrected chi connectivity index (χ3v) is 5.00. The molecular formula is C21H21F3N2O4. The summed E-state index contributed by atoms with van der Waals surface area (Å²) >= 11 is 0. The van der Waals surface area contributed by atoms with Gasteiger partial charge in [0.1, 0.15) is 11.5 Å². The first-order valence-electron chi connectivity index (χ1n) is 9.30. The molecule has 1 fully saturated rings. The summed E-state index contributed by atoms with van der Waals surface area (Å²) in [5.41, 5.74) is -0.145. The number of halogens is 3. The number of nitrogens with zero attached hydrogens (tertiary/aromatic N) is 1. The fourth-order valence-corrected chi connectivity index (χ4v) is 3.30. The number of likely N-dealkylation sites (tertiary alicyclic amines) is 1. The SMILES string of the molecule is COc1cc(OC)cc(C(=O)N2CCC(NC(=O)c3ccc(F)c(F)c3F)CC2)c1. The Morgan fingerprint density at radius 1 is 0.967 bits per heavy atom. The Morgan fingerprint density at radius 3 is 2.13 bits per heavy atom. The average molecular weight is 422 g/mol. The van der Waals surface area contributed by atoms with Crippen LogP contribution >= 0.6 is 0 Å². The molecule has 0 aromatic heterocycles. The Labute approximate surface area is 171 Å². The summed E-state index contributed by atoms with van der Waals surface area (Å²) in [7, 11) is 2.99. The van der Waals surface area contributed by atoms with Gasteiger partial charge in [-0.05, 0) is 37.1 Å². The Kier molecular flexibility index (Phi) is 6.49. The van der Waals surface area contributed by atoms with Gasteiger partial charge in [0.05, 0.1) is 19.8 Å². The van der Waals surface area contributed by atoms with Crippen molar-refractivity contribution in [3.05, 3.63) is 58.9 Å². The van der Waals surface area contributed by atoms with E-state index in [1.54, 1.807) is 23.1 Å². The number of methoxy groups -OCH3 is 2. The van der Waals surface area contributed by atoms with Crippen molar-refractivity contribution in [2.45, 2.75) is 18.9 Å². The zero-order valence-electron chi connectivity index (χ0n) is 16.5. The maximum Gasteiger partial charge on any atom is 0.254 e. The normalized spacial score (nSPS) is 14.4. The van der Waals surface area contributed by atoms with Crippen LogP contribution in [-0.4, -0.2) is 50.1 Å². The number of amides is 2. The van der Waals surface area contributed by atoms with Crippen LogP contribution in [0.25, 0.3) is 0 Å². The van der Waals surface area contributed by atoms with E-state index in [1.807, 2.05) is 0 Å². The molecule has 6 nitrogen and oxygen atoms in total. The zero-order valence-corrected chi connectivity index (χ0v) is 16.5. The molecule has 0 atom stereocenters. The van der Waals surface area contributed by atoms with Crippen molar-refractivity contribution in [1.82, 2.24) is 10.2 Å². The number of hydrogen-bond acceptors (Lipinski definition) is 4. The summed E-state index contributed by atoms with van der Waals surface area (Å²) in [6.45, 7) is 0.729. The van der Waals surface area contributed by atoms with E-state index in [9.17, 15) is 22.8 Å². The van der Waals surface area contributed by atoms with Crippen LogP contribution in [-0.2, 0) is 0 Å². The Balaban J connectivity index is 1.62. The van der Waals surface area contributed by atoms with Gasteiger partial charge in [0.25, 0.3) is 11.8 Å². The van der Waals surface area contributed by atoms with Crippen LogP contribution in [0.5, 0.6) is 11.5 Å². The predicted molar refractivity (Wildman–Crippen MR) is 102 cm³/mol. The van der Waals surface area contributed by atoms with Crippen LogP contribution in [0.3, 0.4) is 0 Å². The summed E-state index contributed by atoms with van der Waals surface area (Å²) < 4.78 is 50.5. The number of rotatable bonds is 5. The largest absolute Gasteiger partial charge is 0.497 e.